The largest absolute Gasteiger partial charge is 0.471 e. The molecule has 1 N–H and O–H groups in total. The number of rotatable bonds is 6. The lowest BCUT2D eigenvalue weighted by molar-refractivity contribution is -0.117. The van der Waals surface area contributed by atoms with Gasteiger partial charge in [0.25, 0.3) is 5.90 Å². The highest BCUT2D eigenvalue weighted by Crippen LogP contribution is 2.30. The van der Waals surface area contributed by atoms with Crippen molar-refractivity contribution in [1.82, 2.24) is 5.32 Å². The van der Waals surface area contributed by atoms with Gasteiger partial charge in [0, 0.05) is 10.6 Å². The van der Waals surface area contributed by atoms with Crippen LogP contribution in [0.1, 0.15) is 58.9 Å². The molecule has 5 heteroatoms. The molecule has 1 aliphatic rings. The van der Waals surface area contributed by atoms with Crippen LogP contribution in [0.4, 0.5) is 0 Å². The second-order valence-corrected chi connectivity index (χ2v) is 8.15. The highest BCUT2D eigenvalue weighted by molar-refractivity contribution is 6.35. The number of carbonyl (C=O) groups is 1. The maximum atomic E-state index is 12.4. The molecule has 4 nitrogen and oxygen atoms in total. The molecule has 0 aliphatic carbocycles. The molecule has 0 saturated heterocycles. The fourth-order valence-corrected chi connectivity index (χ4v) is 3.09. The first-order chi connectivity index (χ1) is 11.1. The second-order valence-electron chi connectivity index (χ2n) is 7.72. The van der Waals surface area contributed by atoms with E-state index in [9.17, 15) is 4.79 Å². The van der Waals surface area contributed by atoms with Gasteiger partial charge in [0.15, 0.2) is 0 Å². The summed E-state index contributed by atoms with van der Waals surface area (Å²) in [6.45, 7) is 10.6. The maximum absolute atomic E-state index is 12.4. The Bertz CT molecular complexity index is 621. The molecule has 1 heterocycles. The summed E-state index contributed by atoms with van der Waals surface area (Å²) in [6.07, 6.45) is 1.82. The molecule has 0 radical (unpaired) electrons. The Balaban J connectivity index is 2.04. The maximum Gasteiger partial charge on any atom is 0.306 e. The molecule has 0 bridgehead atoms. The quantitative estimate of drug-likeness (QED) is 0.830. The van der Waals surface area contributed by atoms with Gasteiger partial charge in [-0.15, -0.1) is 0 Å². The molecule has 132 valence electrons. The van der Waals surface area contributed by atoms with Crippen LogP contribution in [0.25, 0.3) is 0 Å². The lowest BCUT2D eigenvalue weighted by atomic mass is 9.84. The summed E-state index contributed by atoms with van der Waals surface area (Å²) in [5, 5.41) is 3.80. The van der Waals surface area contributed by atoms with Crippen molar-refractivity contribution >= 4 is 23.4 Å². The van der Waals surface area contributed by atoms with E-state index in [1.165, 1.54) is 5.56 Å². The molecule has 0 spiro atoms. The molecule has 0 aromatic heterocycles. The van der Waals surface area contributed by atoms with Crippen LogP contribution in [-0.2, 0) is 9.53 Å². The zero-order chi connectivity index (χ0) is 18.0. The monoisotopic (exact) mass is 350 g/mol. The summed E-state index contributed by atoms with van der Waals surface area (Å²) in [7, 11) is 0. The number of ether oxygens (including phenoxy) is 1. The number of amides is 1. The molecule has 24 heavy (non-hydrogen) atoms. The third kappa shape index (κ3) is 4.97. The normalized spacial score (nSPS) is 17.8. The van der Waals surface area contributed by atoms with Crippen LogP contribution in [0.5, 0.6) is 0 Å². The smallest absolute Gasteiger partial charge is 0.306 e. The summed E-state index contributed by atoms with van der Waals surface area (Å²) < 4.78 is 5.43. The van der Waals surface area contributed by atoms with Gasteiger partial charge in [-0.2, -0.15) is 0 Å². The first kappa shape index (κ1) is 18.8. The lowest BCUT2D eigenvalue weighted by Gasteiger charge is -2.30. The van der Waals surface area contributed by atoms with Crippen molar-refractivity contribution in [3.05, 3.63) is 34.9 Å². The van der Waals surface area contributed by atoms with Gasteiger partial charge >= 0.3 is 5.91 Å². The molecule has 1 aromatic rings. The Morgan fingerprint density at radius 3 is 2.50 bits per heavy atom. The average molecular weight is 351 g/mol. The van der Waals surface area contributed by atoms with Crippen molar-refractivity contribution in [3.8, 4) is 0 Å². The van der Waals surface area contributed by atoms with Gasteiger partial charge in [-0.1, -0.05) is 30.7 Å². The Labute approximate surface area is 149 Å². The standard InChI is InChI=1S/C19H27ClN2O2/c1-6-13(14-7-9-15(20)10-8-14)11-18(2,3)21-16(23)17-22-19(4,5)12-24-17/h7-10,13H,6,11-12H2,1-5H3,(H,21,23). The predicted octanol–water partition coefficient (Wildman–Crippen LogP) is 4.33. The number of aliphatic imine (C=N–C) groups is 1. The molecule has 1 aliphatic heterocycles. The molecule has 0 saturated carbocycles. The Morgan fingerprint density at radius 1 is 1.38 bits per heavy atom. The predicted molar refractivity (Wildman–Crippen MR) is 98.8 cm³/mol. The van der Waals surface area contributed by atoms with E-state index in [-0.39, 0.29) is 22.9 Å². The van der Waals surface area contributed by atoms with Gasteiger partial charge in [0.05, 0.1) is 5.54 Å². The minimum absolute atomic E-state index is 0.188. The molecule has 1 aromatic carbocycles. The SMILES string of the molecule is CCC(CC(C)(C)NC(=O)C1=NC(C)(C)CO1)c1ccc(Cl)cc1. The Morgan fingerprint density at radius 2 is 2.00 bits per heavy atom. The molecule has 1 unspecified atom stereocenters. The molecule has 2 rings (SSSR count). The minimum atomic E-state index is -0.365. The molecule has 1 amide bonds. The van der Waals surface area contributed by atoms with E-state index in [0.29, 0.717) is 12.5 Å². The van der Waals surface area contributed by atoms with Crippen LogP contribution in [0.2, 0.25) is 5.02 Å². The number of hydrogen-bond acceptors (Lipinski definition) is 3. The number of benzene rings is 1. The van der Waals surface area contributed by atoms with E-state index in [1.54, 1.807) is 0 Å². The zero-order valence-electron chi connectivity index (χ0n) is 15.1. The number of nitrogens with one attached hydrogen (secondary N) is 1. The third-order valence-electron chi connectivity index (χ3n) is 4.20. The van der Waals surface area contributed by atoms with Crippen molar-refractivity contribution < 1.29 is 9.53 Å². The van der Waals surface area contributed by atoms with Gasteiger partial charge < -0.3 is 10.1 Å². The Hall–Kier alpha value is -1.55. The van der Waals surface area contributed by atoms with E-state index < -0.39 is 0 Å². The summed E-state index contributed by atoms with van der Waals surface area (Å²) in [6, 6.07) is 7.94. The van der Waals surface area contributed by atoms with Crippen LogP contribution in [-0.4, -0.2) is 29.5 Å². The number of halogens is 1. The van der Waals surface area contributed by atoms with Crippen molar-refractivity contribution in [2.75, 3.05) is 6.61 Å². The van der Waals surface area contributed by atoms with E-state index in [2.05, 4.69) is 29.4 Å². The summed E-state index contributed by atoms with van der Waals surface area (Å²) in [5.74, 6) is 0.296. The first-order valence-corrected chi connectivity index (χ1v) is 8.80. The Kier molecular flexibility index (Phi) is 5.59. The van der Waals surface area contributed by atoms with E-state index in [1.807, 2.05) is 39.8 Å². The molecule has 0 fully saturated rings. The second kappa shape index (κ2) is 7.14. The highest BCUT2D eigenvalue weighted by Gasteiger charge is 2.33. The van der Waals surface area contributed by atoms with Gasteiger partial charge in [-0.05, 0) is 64.2 Å². The topological polar surface area (TPSA) is 50.7 Å². The van der Waals surface area contributed by atoms with Crippen LogP contribution < -0.4 is 5.32 Å². The zero-order valence-corrected chi connectivity index (χ0v) is 15.9. The van der Waals surface area contributed by atoms with E-state index in [4.69, 9.17) is 16.3 Å². The van der Waals surface area contributed by atoms with Crippen LogP contribution in [0.15, 0.2) is 29.3 Å². The average Bonchev–Trinajstić information content (AvgIpc) is 2.86. The van der Waals surface area contributed by atoms with Gasteiger partial charge in [0.1, 0.15) is 6.61 Å². The van der Waals surface area contributed by atoms with E-state index >= 15 is 0 Å². The van der Waals surface area contributed by atoms with Crippen LogP contribution in [0, 0.1) is 0 Å². The third-order valence-corrected chi connectivity index (χ3v) is 4.46. The fourth-order valence-electron chi connectivity index (χ4n) is 2.96. The van der Waals surface area contributed by atoms with Crippen molar-refractivity contribution in [1.29, 1.82) is 0 Å². The highest BCUT2D eigenvalue weighted by atomic mass is 35.5. The lowest BCUT2D eigenvalue weighted by Crippen LogP contribution is -2.47. The summed E-state index contributed by atoms with van der Waals surface area (Å²) in [4.78, 5) is 16.8. The first-order valence-electron chi connectivity index (χ1n) is 8.42. The molecular formula is C19H27ClN2O2. The summed E-state index contributed by atoms with van der Waals surface area (Å²) >= 11 is 5.97. The van der Waals surface area contributed by atoms with Gasteiger partial charge in [-0.3, -0.25) is 4.79 Å². The van der Waals surface area contributed by atoms with Crippen LogP contribution >= 0.6 is 11.6 Å². The fraction of sp³-hybridized carbons (Fsp3) is 0.579. The van der Waals surface area contributed by atoms with Crippen LogP contribution in [0.3, 0.4) is 0 Å². The van der Waals surface area contributed by atoms with Crippen molar-refractivity contribution in [2.45, 2.75) is 64.5 Å². The molecule has 1 atom stereocenters. The number of nitrogens with zero attached hydrogens (tertiary/aromatic N) is 1. The number of carbonyl (C=O) groups excluding carboxylic acids is 1. The van der Waals surface area contributed by atoms with Gasteiger partial charge in [-0.25, -0.2) is 4.99 Å². The van der Waals surface area contributed by atoms with E-state index in [0.717, 1.165) is 17.9 Å². The van der Waals surface area contributed by atoms with Gasteiger partial charge in [0.2, 0.25) is 0 Å². The summed E-state index contributed by atoms with van der Waals surface area (Å²) in [5.41, 5.74) is 0.544. The van der Waals surface area contributed by atoms with Crippen molar-refractivity contribution in [3.63, 3.8) is 0 Å². The molecular weight excluding hydrogens is 324 g/mol. The van der Waals surface area contributed by atoms with Crippen molar-refractivity contribution in [2.24, 2.45) is 4.99 Å². The minimum Gasteiger partial charge on any atom is -0.471 e. The number of hydrogen-bond donors (Lipinski definition) is 1.